The van der Waals surface area contributed by atoms with Crippen molar-refractivity contribution in [3.63, 3.8) is 0 Å². The Hall–Kier alpha value is -3.52. The summed E-state index contributed by atoms with van der Waals surface area (Å²) >= 11 is 0. The van der Waals surface area contributed by atoms with Gasteiger partial charge in [0, 0.05) is 16.8 Å². The summed E-state index contributed by atoms with van der Waals surface area (Å²) in [7, 11) is 0. The van der Waals surface area contributed by atoms with Gasteiger partial charge in [-0.05, 0) is 83.3 Å². The molecule has 0 unspecified atom stereocenters. The van der Waals surface area contributed by atoms with Crippen molar-refractivity contribution in [3.05, 3.63) is 130 Å². The largest absolute Gasteiger partial charge is 0.399 e. The first-order valence-electron chi connectivity index (χ1n) is 12.9. The molecule has 2 heteroatoms. The molecule has 4 N–H and O–H groups in total. The summed E-state index contributed by atoms with van der Waals surface area (Å²) in [6.07, 6.45) is 6.45. The summed E-state index contributed by atoms with van der Waals surface area (Å²) < 4.78 is 0. The molecule has 4 aromatic rings. The van der Waals surface area contributed by atoms with Crippen LogP contribution in [-0.2, 0) is 18.3 Å². The maximum atomic E-state index is 5.85. The predicted octanol–water partition coefficient (Wildman–Crippen LogP) is 7.92. The Bertz CT molecular complexity index is 1090. The lowest BCUT2D eigenvalue weighted by Crippen LogP contribution is -2.27. The summed E-state index contributed by atoms with van der Waals surface area (Å²) in [5.41, 5.74) is 21.5. The molecular formula is C33H38N2. The van der Waals surface area contributed by atoms with E-state index in [1.54, 1.807) is 0 Å². The van der Waals surface area contributed by atoms with Gasteiger partial charge in [0.15, 0.2) is 0 Å². The smallest absolute Gasteiger partial charge is 0.0314 e. The normalized spacial score (nSPS) is 11.5. The van der Waals surface area contributed by atoms with Gasteiger partial charge in [-0.2, -0.15) is 0 Å². The van der Waals surface area contributed by atoms with E-state index in [1.807, 2.05) is 24.3 Å². The van der Waals surface area contributed by atoms with Gasteiger partial charge in [-0.3, -0.25) is 0 Å². The van der Waals surface area contributed by atoms with E-state index in [-0.39, 0.29) is 5.41 Å². The van der Waals surface area contributed by atoms with Crippen molar-refractivity contribution in [1.82, 2.24) is 0 Å². The molecule has 0 amide bonds. The molecule has 0 radical (unpaired) electrons. The van der Waals surface area contributed by atoms with Crippen molar-refractivity contribution in [2.24, 2.45) is 0 Å². The number of benzene rings is 4. The van der Waals surface area contributed by atoms with Crippen LogP contribution < -0.4 is 11.5 Å². The van der Waals surface area contributed by atoms with Crippen molar-refractivity contribution in [2.45, 2.75) is 57.8 Å². The maximum absolute atomic E-state index is 5.85. The first-order valence-corrected chi connectivity index (χ1v) is 12.9. The lowest BCUT2D eigenvalue weighted by molar-refractivity contribution is 0.426. The topological polar surface area (TPSA) is 52.0 Å². The van der Waals surface area contributed by atoms with Crippen LogP contribution in [0.3, 0.4) is 0 Å². The molecule has 0 bridgehead atoms. The third-order valence-corrected chi connectivity index (χ3v) is 7.14. The van der Waals surface area contributed by atoms with Crippen LogP contribution in [0.15, 0.2) is 97.1 Å². The Morgan fingerprint density at radius 1 is 0.457 bits per heavy atom. The highest BCUT2D eigenvalue weighted by molar-refractivity contribution is 5.45. The summed E-state index contributed by atoms with van der Waals surface area (Å²) in [6, 6.07) is 35.1. The number of nitrogens with two attached hydrogens (primary N) is 2. The molecule has 0 aliphatic rings. The van der Waals surface area contributed by atoms with E-state index in [0.29, 0.717) is 0 Å². The van der Waals surface area contributed by atoms with Crippen LogP contribution in [0.4, 0.5) is 11.4 Å². The zero-order valence-corrected chi connectivity index (χ0v) is 21.1. The Balaban J connectivity index is 1.59. The van der Waals surface area contributed by atoms with Gasteiger partial charge in [0.2, 0.25) is 0 Å². The van der Waals surface area contributed by atoms with Gasteiger partial charge in [0.1, 0.15) is 0 Å². The van der Waals surface area contributed by atoms with Crippen molar-refractivity contribution >= 4 is 11.4 Å². The number of hydrogen-bond acceptors (Lipinski definition) is 2. The fourth-order valence-corrected chi connectivity index (χ4v) is 5.35. The molecule has 4 aromatic carbocycles. The van der Waals surface area contributed by atoms with Crippen molar-refractivity contribution in [3.8, 4) is 0 Å². The van der Waals surface area contributed by atoms with Crippen LogP contribution in [0.25, 0.3) is 0 Å². The number of rotatable bonds is 10. The third-order valence-electron chi connectivity index (χ3n) is 7.14. The Kier molecular flexibility index (Phi) is 7.92. The Morgan fingerprint density at radius 2 is 0.743 bits per heavy atom. The highest BCUT2D eigenvalue weighted by atomic mass is 14.5. The Morgan fingerprint density at radius 3 is 1.03 bits per heavy atom. The molecule has 0 fully saturated rings. The average molecular weight is 463 g/mol. The second kappa shape index (κ2) is 11.3. The molecule has 180 valence electrons. The quantitative estimate of drug-likeness (QED) is 0.235. The highest BCUT2D eigenvalue weighted by Crippen LogP contribution is 2.41. The first-order chi connectivity index (χ1) is 17.0. The Labute approximate surface area is 211 Å². The van der Waals surface area contributed by atoms with Gasteiger partial charge in [-0.25, -0.2) is 0 Å². The zero-order valence-electron chi connectivity index (χ0n) is 21.1. The van der Waals surface area contributed by atoms with Gasteiger partial charge in [-0.15, -0.1) is 0 Å². The highest BCUT2D eigenvalue weighted by Gasteiger charge is 2.32. The van der Waals surface area contributed by atoms with E-state index < -0.39 is 0 Å². The molecule has 0 atom stereocenters. The second-order valence-electron chi connectivity index (χ2n) is 9.81. The summed E-state index contributed by atoms with van der Waals surface area (Å²) in [5.74, 6) is 0. The van der Waals surface area contributed by atoms with Gasteiger partial charge < -0.3 is 11.5 Å². The molecule has 0 aromatic heterocycles. The summed E-state index contributed by atoms with van der Waals surface area (Å²) in [4.78, 5) is 0. The minimum atomic E-state index is 0.0446. The fraction of sp³-hybridized carbons (Fsp3) is 0.273. The average Bonchev–Trinajstić information content (AvgIpc) is 2.88. The summed E-state index contributed by atoms with van der Waals surface area (Å²) in [6.45, 7) is 4.60. The molecule has 0 aliphatic heterocycles. The minimum Gasteiger partial charge on any atom is -0.399 e. The summed E-state index contributed by atoms with van der Waals surface area (Å²) in [5, 5.41) is 0. The van der Waals surface area contributed by atoms with E-state index in [2.05, 4.69) is 86.6 Å². The van der Waals surface area contributed by atoms with Gasteiger partial charge >= 0.3 is 0 Å². The molecule has 0 saturated carbocycles. The van der Waals surface area contributed by atoms with E-state index >= 15 is 0 Å². The van der Waals surface area contributed by atoms with E-state index in [0.717, 1.165) is 49.9 Å². The fourth-order valence-electron chi connectivity index (χ4n) is 5.35. The van der Waals surface area contributed by atoms with E-state index in [9.17, 15) is 0 Å². The van der Waals surface area contributed by atoms with Gasteiger partial charge in [0.05, 0.1) is 0 Å². The van der Waals surface area contributed by atoms with Crippen molar-refractivity contribution < 1.29 is 0 Å². The first kappa shape index (κ1) is 24.6. The number of nitrogen functional groups attached to an aromatic ring is 2. The van der Waals surface area contributed by atoms with E-state index in [4.69, 9.17) is 11.5 Å². The molecule has 0 heterocycles. The van der Waals surface area contributed by atoms with Crippen LogP contribution in [0, 0.1) is 0 Å². The lowest BCUT2D eigenvalue weighted by Gasteiger charge is -2.35. The van der Waals surface area contributed by atoms with E-state index in [1.165, 1.54) is 33.4 Å². The number of anilines is 2. The molecule has 2 nitrogen and oxygen atoms in total. The maximum Gasteiger partial charge on any atom is 0.0314 e. The zero-order chi connectivity index (χ0) is 24.7. The molecule has 0 aliphatic carbocycles. The van der Waals surface area contributed by atoms with Crippen LogP contribution in [0.1, 0.15) is 72.9 Å². The van der Waals surface area contributed by atoms with Crippen LogP contribution in [-0.4, -0.2) is 0 Å². The SMILES string of the molecule is CCCC(CCC)(c1ccc(Cc2ccc(N)cc2)cc1)c1ccc(Cc2ccc(N)cc2)cc1. The minimum absolute atomic E-state index is 0.0446. The van der Waals surface area contributed by atoms with Gasteiger partial charge in [0.25, 0.3) is 0 Å². The van der Waals surface area contributed by atoms with Crippen LogP contribution >= 0.6 is 0 Å². The third kappa shape index (κ3) is 5.95. The number of hydrogen-bond donors (Lipinski definition) is 2. The van der Waals surface area contributed by atoms with Crippen molar-refractivity contribution in [2.75, 3.05) is 11.5 Å². The standard InChI is InChI=1S/C33H38N2/c1-3-21-33(22-4-2,29-13-5-25(6-14-29)23-27-9-17-31(34)18-10-27)30-15-7-26(8-16-30)24-28-11-19-32(35)20-12-28/h5-20H,3-4,21-24,34-35H2,1-2H3. The van der Waals surface area contributed by atoms with Crippen molar-refractivity contribution in [1.29, 1.82) is 0 Å². The lowest BCUT2D eigenvalue weighted by atomic mass is 9.68. The van der Waals surface area contributed by atoms with Crippen LogP contribution in [0.5, 0.6) is 0 Å². The second-order valence-corrected chi connectivity index (χ2v) is 9.81. The monoisotopic (exact) mass is 462 g/mol. The van der Waals surface area contributed by atoms with Gasteiger partial charge in [-0.1, -0.05) is 99.5 Å². The molecule has 0 saturated heterocycles. The molecule has 0 spiro atoms. The molecular weight excluding hydrogens is 424 g/mol. The van der Waals surface area contributed by atoms with Crippen LogP contribution in [0.2, 0.25) is 0 Å². The molecule has 4 rings (SSSR count). The predicted molar refractivity (Wildman–Crippen MR) is 151 cm³/mol. The molecule has 35 heavy (non-hydrogen) atoms.